The van der Waals surface area contributed by atoms with Crippen LogP contribution in [0.3, 0.4) is 0 Å². The lowest BCUT2D eigenvalue weighted by molar-refractivity contribution is -0.117. The van der Waals surface area contributed by atoms with Gasteiger partial charge in [-0.15, -0.1) is 0 Å². The minimum atomic E-state index is -0.0911. The predicted molar refractivity (Wildman–Crippen MR) is 105 cm³/mol. The van der Waals surface area contributed by atoms with E-state index in [2.05, 4.69) is 63.9 Å². The lowest BCUT2D eigenvalue weighted by atomic mass is 9.97. The zero-order valence-corrected chi connectivity index (χ0v) is 16.5. The topological polar surface area (TPSA) is 34.4 Å². The molecular formula is C21H24N2OS. The molecule has 130 valence electrons. The van der Waals surface area contributed by atoms with E-state index in [4.69, 9.17) is 0 Å². The Morgan fingerprint density at radius 1 is 0.960 bits per heavy atom. The molecule has 25 heavy (non-hydrogen) atoms. The summed E-state index contributed by atoms with van der Waals surface area (Å²) in [7, 11) is 1.98. The maximum Gasteiger partial charge on any atom is 0.252 e. The number of carbonyl (C=O) groups excluding carboxylic acids is 1. The molecule has 0 radical (unpaired) electrons. The van der Waals surface area contributed by atoms with Crippen LogP contribution in [0, 0.1) is 34.6 Å². The van der Waals surface area contributed by atoms with E-state index in [1.54, 1.807) is 11.3 Å². The Bertz CT molecular complexity index is 1030. The van der Waals surface area contributed by atoms with Crippen molar-refractivity contribution in [3.8, 4) is 0 Å². The molecule has 1 amide bonds. The van der Waals surface area contributed by atoms with E-state index < -0.39 is 0 Å². The Labute approximate surface area is 152 Å². The highest BCUT2D eigenvalue weighted by atomic mass is 32.1. The van der Waals surface area contributed by atoms with Crippen LogP contribution in [0.2, 0.25) is 0 Å². The third-order valence-electron chi connectivity index (χ3n) is 4.62. The van der Waals surface area contributed by atoms with Crippen molar-refractivity contribution in [2.24, 2.45) is 12.0 Å². The third-order valence-corrected chi connectivity index (χ3v) is 5.70. The summed E-state index contributed by atoms with van der Waals surface area (Å²) < 4.78 is 3.20. The Morgan fingerprint density at radius 3 is 2.16 bits per heavy atom. The molecule has 0 aliphatic carbocycles. The van der Waals surface area contributed by atoms with Crippen molar-refractivity contribution in [1.82, 2.24) is 4.57 Å². The first-order valence-electron chi connectivity index (χ1n) is 8.47. The van der Waals surface area contributed by atoms with Gasteiger partial charge in [-0.3, -0.25) is 4.79 Å². The van der Waals surface area contributed by atoms with Crippen LogP contribution in [0.15, 0.2) is 29.3 Å². The van der Waals surface area contributed by atoms with Crippen molar-refractivity contribution in [2.45, 2.75) is 41.0 Å². The molecule has 0 aliphatic rings. The van der Waals surface area contributed by atoms with Crippen molar-refractivity contribution < 1.29 is 4.79 Å². The van der Waals surface area contributed by atoms with Gasteiger partial charge in [0.25, 0.3) is 5.91 Å². The number of aromatic nitrogens is 1. The highest BCUT2D eigenvalue weighted by Crippen LogP contribution is 2.22. The number of carbonyl (C=O) groups is 1. The Balaban J connectivity index is 2.01. The van der Waals surface area contributed by atoms with E-state index in [1.165, 1.54) is 21.4 Å². The second-order valence-corrected chi connectivity index (χ2v) is 7.94. The lowest BCUT2D eigenvalue weighted by Crippen LogP contribution is -2.15. The Hall–Kier alpha value is -2.20. The fourth-order valence-electron chi connectivity index (χ4n) is 3.58. The first kappa shape index (κ1) is 17.6. The van der Waals surface area contributed by atoms with Gasteiger partial charge in [-0.1, -0.05) is 35.1 Å². The summed E-state index contributed by atoms with van der Waals surface area (Å²) in [6.45, 7) is 10.4. The van der Waals surface area contributed by atoms with Gasteiger partial charge >= 0.3 is 0 Å². The molecule has 0 saturated heterocycles. The average molecular weight is 353 g/mol. The summed E-state index contributed by atoms with van der Waals surface area (Å²) in [6.07, 6.45) is 0.351. The Morgan fingerprint density at radius 2 is 1.52 bits per heavy atom. The summed E-state index contributed by atoms with van der Waals surface area (Å²) >= 11 is 1.58. The van der Waals surface area contributed by atoms with Gasteiger partial charge in [0.1, 0.15) is 0 Å². The predicted octanol–water partition coefficient (Wildman–Crippen LogP) is 4.45. The number of nitrogens with zero attached hydrogens (tertiary/aromatic N) is 2. The number of hydrogen-bond donors (Lipinski definition) is 0. The van der Waals surface area contributed by atoms with Gasteiger partial charge in [-0.05, 0) is 68.5 Å². The smallest absolute Gasteiger partial charge is 0.252 e. The van der Waals surface area contributed by atoms with Crippen molar-refractivity contribution in [3.63, 3.8) is 0 Å². The van der Waals surface area contributed by atoms with Crippen molar-refractivity contribution in [2.75, 3.05) is 0 Å². The molecular weight excluding hydrogens is 328 g/mol. The molecule has 0 unspecified atom stereocenters. The molecule has 0 N–H and O–H groups in total. The first-order chi connectivity index (χ1) is 11.8. The lowest BCUT2D eigenvalue weighted by Gasteiger charge is -2.09. The van der Waals surface area contributed by atoms with Crippen LogP contribution < -0.4 is 4.80 Å². The standard InChI is InChI=1S/C21H24N2OS/c1-12-7-14(3)17(15(4)8-12)11-19(24)22-21-23(6)20-16(5)9-13(2)10-18(20)25-21/h7-10H,11H2,1-6H3. The van der Waals surface area contributed by atoms with Gasteiger partial charge in [-0.25, -0.2) is 0 Å². The van der Waals surface area contributed by atoms with Gasteiger partial charge in [0, 0.05) is 7.05 Å². The van der Waals surface area contributed by atoms with Crippen molar-refractivity contribution in [3.05, 3.63) is 62.4 Å². The molecule has 3 rings (SSSR count). The van der Waals surface area contributed by atoms with Gasteiger partial charge in [-0.2, -0.15) is 4.99 Å². The first-order valence-corrected chi connectivity index (χ1v) is 9.29. The maximum atomic E-state index is 12.6. The van der Waals surface area contributed by atoms with Gasteiger partial charge in [0.15, 0.2) is 4.80 Å². The zero-order valence-electron chi connectivity index (χ0n) is 15.7. The van der Waals surface area contributed by atoms with E-state index in [0.717, 1.165) is 27.0 Å². The molecule has 1 aromatic heterocycles. The third kappa shape index (κ3) is 3.45. The van der Waals surface area contributed by atoms with Crippen LogP contribution in [0.4, 0.5) is 0 Å². The number of thiazole rings is 1. The van der Waals surface area contributed by atoms with Crippen molar-refractivity contribution in [1.29, 1.82) is 0 Å². The van der Waals surface area contributed by atoms with E-state index in [9.17, 15) is 4.79 Å². The zero-order chi connectivity index (χ0) is 18.3. The second kappa shape index (κ2) is 6.60. The highest BCUT2D eigenvalue weighted by Gasteiger charge is 2.11. The van der Waals surface area contributed by atoms with Crippen LogP contribution in [0.25, 0.3) is 10.2 Å². The summed E-state index contributed by atoms with van der Waals surface area (Å²) in [5.41, 5.74) is 8.25. The van der Waals surface area contributed by atoms with Gasteiger partial charge in [0.05, 0.1) is 16.6 Å². The number of amides is 1. The quantitative estimate of drug-likeness (QED) is 0.671. The molecule has 0 saturated carbocycles. The van der Waals surface area contributed by atoms with Crippen LogP contribution in [-0.2, 0) is 18.3 Å². The minimum Gasteiger partial charge on any atom is -0.319 e. The highest BCUT2D eigenvalue weighted by molar-refractivity contribution is 7.16. The molecule has 0 atom stereocenters. The van der Waals surface area contributed by atoms with Crippen LogP contribution >= 0.6 is 11.3 Å². The Kier molecular flexibility index (Phi) is 4.65. The molecule has 0 bridgehead atoms. The van der Waals surface area contributed by atoms with E-state index in [-0.39, 0.29) is 5.91 Å². The molecule has 0 spiro atoms. The number of fused-ring (bicyclic) bond motifs is 1. The molecule has 4 heteroatoms. The SMILES string of the molecule is Cc1cc(C)c(CC(=O)N=c2sc3cc(C)cc(C)c3n2C)c(C)c1. The van der Waals surface area contributed by atoms with E-state index >= 15 is 0 Å². The second-order valence-electron chi connectivity index (χ2n) is 6.93. The fourth-order valence-corrected chi connectivity index (χ4v) is 4.79. The number of rotatable bonds is 2. The summed E-state index contributed by atoms with van der Waals surface area (Å²) in [6, 6.07) is 8.58. The van der Waals surface area contributed by atoms with Gasteiger partial charge in [0.2, 0.25) is 0 Å². The van der Waals surface area contributed by atoms with Crippen molar-refractivity contribution >= 4 is 27.5 Å². The minimum absolute atomic E-state index is 0.0911. The van der Waals surface area contributed by atoms with Crippen LogP contribution in [0.5, 0.6) is 0 Å². The molecule has 3 nitrogen and oxygen atoms in total. The van der Waals surface area contributed by atoms with Crippen LogP contribution in [-0.4, -0.2) is 10.5 Å². The van der Waals surface area contributed by atoms with E-state index in [1.807, 2.05) is 11.6 Å². The fraction of sp³-hybridized carbons (Fsp3) is 0.333. The summed E-state index contributed by atoms with van der Waals surface area (Å²) in [5.74, 6) is -0.0911. The molecule has 1 heterocycles. The number of benzene rings is 2. The monoisotopic (exact) mass is 352 g/mol. The molecule has 2 aromatic carbocycles. The van der Waals surface area contributed by atoms with Gasteiger partial charge < -0.3 is 4.57 Å². The summed E-state index contributed by atoms with van der Waals surface area (Å²) in [4.78, 5) is 17.7. The van der Waals surface area contributed by atoms with E-state index in [0.29, 0.717) is 6.42 Å². The normalized spacial score (nSPS) is 12.2. The maximum absolute atomic E-state index is 12.6. The largest absolute Gasteiger partial charge is 0.319 e. The molecule has 3 aromatic rings. The van der Waals surface area contributed by atoms with Crippen LogP contribution in [0.1, 0.15) is 33.4 Å². The number of hydrogen-bond acceptors (Lipinski definition) is 2. The average Bonchev–Trinajstić information content (AvgIpc) is 2.79. The number of aryl methyl sites for hydroxylation is 6. The molecule has 0 fully saturated rings. The summed E-state index contributed by atoms with van der Waals surface area (Å²) in [5, 5.41) is 0. The molecule has 0 aliphatic heterocycles.